The minimum absolute atomic E-state index is 0.438. The number of benzene rings is 2. The molecular weight excluding hydrogens is 240 g/mol. The molecule has 0 N–H and O–H groups in total. The van der Waals surface area contributed by atoms with Crippen molar-refractivity contribution in [3.63, 3.8) is 0 Å². The van der Waals surface area contributed by atoms with Crippen LogP contribution in [0.4, 0.5) is 4.79 Å². The monoisotopic (exact) mass is 248 g/mol. The van der Waals surface area contributed by atoms with Crippen LogP contribution in [-0.4, -0.2) is 5.43 Å². The zero-order valence-corrected chi connectivity index (χ0v) is 9.55. The average molecular weight is 249 g/mol. The summed E-state index contributed by atoms with van der Waals surface area (Å²) in [4.78, 5) is 19.7. The van der Waals surface area contributed by atoms with Crippen molar-refractivity contribution in [1.29, 1.82) is 0 Å². The molecule has 17 heavy (non-hydrogen) atoms. The van der Waals surface area contributed by atoms with Gasteiger partial charge in [-0.15, -0.1) is 0 Å². The third kappa shape index (κ3) is 2.98. The van der Waals surface area contributed by atoms with E-state index in [0.717, 1.165) is 11.1 Å². The topological polar surface area (TPSA) is 35.5 Å². The molecule has 2 aromatic rings. The highest BCUT2D eigenvalue weighted by molar-refractivity contribution is 6.61. The lowest BCUT2D eigenvalue weighted by Gasteiger charge is -2.07. The Balaban J connectivity index is 2.31. The van der Waals surface area contributed by atoms with Crippen LogP contribution < -0.4 is 4.89 Å². The number of carbonyl (C=O) groups excluding carboxylic acids is 1. The van der Waals surface area contributed by atoms with Gasteiger partial charge in [0, 0.05) is 17.2 Å². The number of hydrogen-bond acceptors (Lipinski definition) is 3. The van der Waals surface area contributed by atoms with E-state index in [2.05, 4.69) is 4.89 Å². The van der Waals surface area contributed by atoms with Gasteiger partial charge in [0.05, 0.1) is 0 Å². The first-order chi connectivity index (χ1) is 8.27. The second-order valence-corrected chi connectivity index (χ2v) is 3.58. The summed E-state index contributed by atoms with van der Waals surface area (Å²) in [5.74, 6) is 0.438. The lowest BCUT2D eigenvalue weighted by molar-refractivity contribution is -0.130. The molecule has 0 amide bonds. The average Bonchev–Trinajstić information content (AvgIpc) is 2.38. The first kappa shape index (κ1) is 11.5. The summed E-state index contributed by atoms with van der Waals surface area (Å²) in [6.45, 7) is 0. The van der Waals surface area contributed by atoms with Gasteiger partial charge >= 0.3 is 5.43 Å². The highest BCUT2D eigenvalue weighted by Crippen LogP contribution is 2.29. The maximum atomic E-state index is 10.5. The summed E-state index contributed by atoms with van der Waals surface area (Å²) in [6.07, 6.45) is 0. The van der Waals surface area contributed by atoms with E-state index in [-0.39, 0.29) is 0 Å². The first-order valence-corrected chi connectivity index (χ1v) is 5.33. The van der Waals surface area contributed by atoms with Crippen LogP contribution in [0.1, 0.15) is 0 Å². The Bertz CT molecular complexity index is 511. The van der Waals surface area contributed by atoms with E-state index < -0.39 is 5.43 Å². The Hall–Kier alpha value is -2.00. The molecule has 0 atom stereocenters. The summed E-state index contributed by atoms with van der Waals surface area (Å²) >= 11 is 5.04. The van der Waals surface area contributed by atoms with Crippen LogP contribution in [0.2, 0.25) is 0 Å². The van der Waals surface area contributed by atoms with Gasteiger partial charge in [-0.2, -0.15) is 0 Å². The lowest BCUT2D eigenvalue weighted by atomic mass is 10.1. The molecule has 4 heteroatoms. The fourth-order valence-electron chi connectivity index (χ4n) is 1.47. The maximum absolute atomic E-state index is 10.5. The van der Waals surface area contributed by atoms with E-state index >= 15 is 0 Å². The number of halogens is 1. The van der Waals surface area contributed by atoms with Crippen molar-refractivity contribution >= 4 is 17.0 Å². The van der Waals surface area contributed by atoms with Gasteiger partial charge in [0.1, 0.15) is 0 Å². The van der Waals surface area contributed by atoms with Crippen LogP contribution in [-0.2, 0) is 4.89 Å². The summed E-state index contributed by atoms with van der Waals surface area (Å²) in [5, 5.41) is 0. The van der Waals surface area contributed by atoms with Gasteiger partial charge in [-0.1, -0.05) is 48.5 Å². The van der Waals surface area contributed by atoms with Crippen LogP contribution in [0.25, 0.3) is 11.1 Å². The Labute approximate surface area is 103 Å². The van der Waals surface area contributed by atoms with Gasteiger partial charge in [-0.3, -0.25) is 4.89 Å². The van der Waals surface area contributed by atoms with Crippen molar-refractivity contribution in [1.82, 2.24) is 0 Å². The van der Waals surface area contributed by atoms with Crippen LogP contribution in [0, 0.1) is 0 Å². The number of carbonyl (C=O) groups is 1. The third-order valence-corrected chi connectivity index (χ3v) is 2.23. The quantitative estimate of drug-likeness (QED) is 0.467. The molecule has 0 aliphatic carbocycles. The van der Waals surface area contributed by atoms with Crippen LogP contribution >= 0.6 is 11.6 Å². The number of rotatable bonds is 3. The molecule has 0 fully saturated rings. The molecule has 0 aliphatic rings. The largest absolute Gasteiger partial charge is 0.448 e. The maximum Gasteiger partial charge on any atom is 0.448 e. The van der Waals surface area contributed by atoms with Gasteiger partial charge in [0.15, 0.2) is 5.75 Å². The smallest absolute Gasteiger partial charge is 0.285 e. The second-order valence-electron chi connectivity index (χ2n) is 3.27. The normalized spacial score (nSPS) is 9.71. The van der Waals surface area contributed by atoms with Crippen molar-refractivity contribution < 1.29 is 14.6 Å². The van der Waals surface area contributed by atoms with Crippen molar-refractivity contribution in [2.45, 2.75) is 0 Å². The van der Waals surface area contributed by atoms with Crippen molar-refractivity contribution in [3.8, 4) is 16.9 Å². The molecule has 0 heterocycles. The van der Waals surface area contributed by atoms with Gasteiger partial charge in [-0.05, 0) is 11.6 Å². The minimum atomic E-state index is -1.01. The van der Waals surface area contributed by atoms with Crippen molar-refractivity contribution in [2.24, 2.45) is 0 Å². The first-order valence-electron chi connectivity index (χ1n) is 4.96. The van der Waals surface area contributed by atoms with E-state index in [9.17, 15) is 4.79 Å². The van der Waals surface area contributed by atoms with E-state index in [1.807, 2.05) is 42.5 Å². The number of para-hydroxylation sites is 1. The number of hydrogen-bond donors (Lipinski definition) is 0. The molecule has 0 saturated carbocycles. The van der Waals surface area contributed by atoms with Crippen LogP contribution in [0.15, 0.2) is 54.6 Å². The summed E-state index contributed by atoms with van der Waals surface area (Å²) in [5.41, 5.74) is 0.785. The third-order valence-electron chi connectivity index (χ3n) is 2.17. The molecule has 0 saturated heterocycles. The minimum Gasteiger partial charge on any atom is -0.285 e. The molecule has 0 aliphatic heterocycles. The fourth-order valence-corrected chi connectivity index (χ4v) is 1.50. The summed E-state index contributed by atoms with van der Waals surface area (Å²) in [6, 6.07) is 16.8. The molecule has 0 radical (unpaired) electrons. The Kier molecular flexibility index (Phi) is 3.62. The Morgan fingerprint density at radius 3 is 2.29 bits per heavy atom. The molecule has 0 spiro atoms. The van der Waals surface area contributed by atoms with E-state index in [1.54, 1.807) is 12.1 Å². The lowest BCUT2D eigenvalue weighted by Crippen LogP contribution is -2.00. The van der Waals surface area contributed by atoms with Crippen molar-refractivity contribution in [2.75, 3.05) is 0 Å². The Morgan fingerprint density at radius 1 is 0.941 bits per heavy atom. The van der Waals surface area contributed by atoms with Crippen LogP contribution in [0.5, 0.6) is 5.75 Å². The van der Waals surface area contributed by atoms with Gasteiger partial charge in [0.25, 0.3) is 0 Å². The summed E-state index contributed by atoms with van der Waals surface area (Å²) in [7, 11) is 0. The van der Waals surface area contributed by atoms with E-state index in [0.29, 0.717) is 5.75 Å². The predicted octanol–water partition coefficient (Wildman–Crippen LogP) is 4.02. The van der Waals surface area contributed by atoms with Gasteiger partial charge < -0.3 is 0 Å². The highest BCUT2D eigenvalue weighted by atomic mass is 35.5. The molecular formula is C13H9ClO3. The molecule has 2 rings (SSSR count). The highest BCUT2D eigenvalue weighted by Gasteiger charge is 2.07. The molecule has 86 valence electrons. The molecule has 3 nitrogen and oxygen atoms in total. The molecule has 0 bridgehead atoms. The van der Waals surface area contributed by atoms with Crippen LogP contribution in [0.3, 0.4) is 0 Å². The predicted molar refractivity (Wildman–Crippen MR) is 64.8 cm³/mol. The SMILES string of the molecule is O=C(Cl)OOc1ccccc1-c1ccccc1. The zero-order valence-electron chi connectivity index (χ0n) is 8.80. The standard InChI is InChI=1S/C13H9ClO3/c14-13(15)17-16-12-9-5-4-8-11(12)10-6-2-1-3-7-10/h1-9H. The summed E-state index contributed by atoms with van der Waals surface area (Å²) < 4.78 is 0. The van der Waals surface area contributed by atoms with Gasteiger partial charge in [0.2, 0.25) is 0 Å². The molecule has 0 aromatic heterocycles. The van der Waals surface area contributed by atoms with Gasteiger partial charge in [-0.25, -0.2) is 9.68 Å². The molecule has 0 unspecified atom stereocenters. The zero-order chi connectivity index (χ0) is 12.1. The Morgan fingerprint density at radius 2 is 1.59 bits per heavy atom. The fraction of sp³-hybridized carbons (Fsp3) is 0. The molecule has 2 aromatic carbocycles. The van der Waals surface area contributed by atoms with Crippen molar-refractivity contribution in [3.05, 3.63) is 54.6 Å². The van der Waals surface area contributed by atoms with E-state index in [4.69, 9.17) is 16.5 Å². The van der Waals surface area contributed by atoms with E-state index in [1.165, 1.54) is 0 Å². The second kappa shape index (κ2) is 5.37.